The van der Waals surface area contributed by atoms with Gasteiger partial charge < -0.3 is 4.74 Å². The Morgan fingerprint density at radius 2 is 2.20 bits per heavy atom. The minimum Gasteiger partial charge on any atom is -0.373 e. The Bertz CT molecular complexity index is 683. The molecule has 3 atom stereocenters. The quantitative estimate of drug-likeness (QED) is 0.923. The lowest BCUT2D eigenvalue weighted by Gasteiger charge is -2.20. The Balaban J connectivity index is 1.82. The predicted molar refractivity (Wildman–Crippen MR) is 72.8 cm³/mol. The monoisotopic (exact) mass is 312 g/mol. The van der Waals surface area contributed by atoms with Crippen LogP contribution in [0.3, 0.4) is 0 Å². The second-order valence-corrected chi connectivity index (χ2v) is 7.21. The van der Waals surface area contributed by atoms with E-state index in [0.29, 0.717) is 6.42 Å². The summed E-state index contributed by atoms with van der Waals surface area (Å²) in [5.74, 6) is 0. The molecular formula is C13H13ClN2O3S. The van der Waals surface area contributed by atoms with Gasteiger partial charge in [0.1, 0.15) is 6.07 Å². The number of nitriles is 1. The second-order valence-electron chi connectivity index (χ2n) is 5.09. The highest BCUT2D eigenvalue weighted by atomic mass is 35.5. The number of nitrogens with one attached hydrogen (secondary N) is 1. The van der Waals surface area contributed by atoms with Gasteiger partial charge in [-0.3, -0.25) is 0 Å². The van der Waals surface area contributed by atoms with Gasteiger partial charge in [0, 0.05) is 0 Å². The van der Waals surface area contributed by atoms with E-state index in [9.17, 15) is 8.42 Å². The predicted octanol–water partition coefficient (Wildman–Crippen LogP) is 1.81. The topological polar surface area (TPSA) is 79.2 Å². The molecule has 0 aliphatic carbocycles. The van der Waals surface area contributed by atoms with Crippen LogP contribution in [-0.2, 0) is 14.8 Å². The van der Waals surface area contributed by atoms with Crippen molar-refractivity contribution in [3.8, 4) is 6.07 Å². The summed E-state index contributed by atoms with van der Waals surface area (Å²) in [6.07, 6.45) is 2.77. The zero-order chi connectivity index (χ0) is 14.3. The van der Waals surface area contributed by atoms with E-state index in [-0.39, 0.29) is 33.7 Å². The number of halogens is 1. The van der Waals surface area contributed by atoms with Gasteiger partial charge in [-0.15, -0.1) is 0 Å². The molecule has 20 heavy (non-hydrogen) atoms. The summed E-state index contributed by atoms with van der Waals surface area (Å²) in [4.78, 5) is 0.0734. The van der Waals surface area contributed by atoms with E-state index >= 15 is 0 Å². The fraction of sp³-hybridized carbons (Fsp3) is 0.462. The molecule has 2 aliphatic rings. The van der Waals surface area contributed by atoms with Gasteiger partial charge in [-0.05, 0) is 37.5 Å². The highest BCUT2D eigenvalue weighted by Crippen LogP contribution is 2.35. The summed E-state index contributed by atoms with van der Waals surface area (Å²) in [6, 6.07) is 5.83. The average molecular weight is 313 g/mol. The molecule has 2 fully saturated rings. The minimum absolute atomic E-state index is 0.0244. The summed E-state index contributed by atoms with van der Waals surface area (Å²) in [5, 5.41) is 8.94. The molecule has 2 bridgehead atoms. The Hall–Kier alpha value is -1.13. The molecule has 2 heterocycles. The van der Waals surface area contributed by atoms with Crippen molar-refractivity contribution in [3.05, 3.63) is 28.8 Å². The first-order valence-corrected chi connectivity index (χ1v) is 8.23. The number of ether oxygens (including phenoxy) is 1. The molecule has 2 saturated heterocycles. The first kappa shape index (κ1) is 13.8. The molecule has 0 aromatic heterocycles. The van der Waals surface area contributed by atoms with Crippen LogP contribution in [0.25, 0.3) is 0 Å². The van der Waals surface area contributed by atoms with Crippen molar-refractivity contribution in [2.45, 2.75) is 42.4 Å². The Morgan fingerprint density at radius 3 is 2.75 bits per heavy atom. The number of sulfonamides is 1. The van der Waals surface area contributed by atoms with Gasteiger partial charge in [-0.25, -0.2) is 13.1 Å². The van der Waals surface area contributed by atoms with Gasteiger partial charge in [-0.2, -0.15) is 5.26 Å². The molecule has 3 unspecified atom stereocenters. The second kappa shape index (κ2) is 5.01. The van der Waals surface area contributed by atoms with E-state index in [0.717, 1.165) is 12.8 Å². The molecule has 0 spiro atoms. The van der Waals surface area contributed by atoms with Crippen LogP contribution in [-0.4, -0.2) is 26.7 Å². The van der Waals surface area contributed by atoms with Gasteiger partial charge in [0.25, 0.3) is 0 Å². The van der Waals surface area contributed by atoms with Crippen LogP contribution >= 0.6 is 11.6 Å². The lowest BCUT2D eigenvalue weighted by atomic mass is 9.96. The van der Waals surface area contributed by atoms with Crippen LogP contribution in [0.4, 0.5) is 0 Å². The fourth-order valence-corrected chi connectivity index (χ4v) is 4.37. The van der Waals surface area contributed by atoms with Crippen molar-refractivity contribution >= 4 is 21.6 Å². The van der Waals surface area contributed by atoms with Crippen LogP contribution < -0.4 is 4.72 Å². The van der Waals surface area contributed by atoms with Gasteiger partial charge in [0.05, 0.1) is 33.7 Å². The summed E-state index contributed by atoms with van der Waals surface area (Å²) < 4.78 is 32.9. The van der Waals surface area contributed by atoms with Crippen molar-refractivity contribution in [1.29, 1.82) is 5.26 Å². The molecule has 1 N–H and O–H groups in total. The molecule has 3 rings (SSSR count). The molecule has 0 amide bonds. The summed E-state index contributed by atoms with van der Waals surface area (Å²) in [6.45, 7) is 0. The van der Waals surface area contributed by atoms with E-state index in [1.807, 2.05) is 6.07 Å². The van der Waals surface area contributed by atoms with E-state index in [4.69, 9.17) is 21.6 Å². The first-order valence-electron chi connectivity index (χ1n) is 6.37. The van der Waals surface area contributed by atoms with E-state index < -0.39 is 10.0 Å². The smallest absolute Gasteiger partial charge is 0.240 e. The van der Waals surface area contributed by atoms with Crippen LogP contribution in [0, 0.1) is 11.3 Å². The fourth-order valence-electron chi connectivity index (χ4n) is 2.78. The number of rotatable bonds is 3. The number of hydrogen-bond donors (Lipinski definition) is 1. The standard InChI is InChI=1S/C13H13ClN2O3S/c14-11-6-10(3-1-8(11)7-15)20(17,18)16-12-5-9-2-4-13(12)19-9/h1,3,6,9,12-13,16H,2,4-5H2. The molecular weight excluding hydrogens is 300 g/mol. The zero-order valence-electron chi connectivity index (χ0n) is 10.5. The normalized spacial score (nSPS) is 28.5. The third kappa shape index (κ3) is 2.42. The Labute approximate surface area is 122 Å². The molecule has 0 saturated carbocycles. The largest absolute Gasteiger partial charge is 0.373 e. The maximum atomic E-state index is 12.3. The van der Waals surface area contributed by atoms with E-state index in [1.54, 1.807) is 0 Å². The van der Waals surface area contributed by atoms with Gasteiger partial charge >= 0.3 is 0 Å². The molecule has 5 nitrogen and oxygen atoms in total. The van der Waals surface area contributed by atoms with Crippen molar-refractivity contribution in [1.82, 2.24) is 4.72 Å². The van der Waals surface area contributed by atoms with Crippen molar-refractivity contribution < 1.29 is 13.2 Å². The summed E-state index contributed by atoms with van der Waals surface area (Å²) in [5.41, 5.74) is 0.258. The molecule has 2 aliphatic heterocycles. The third-order valence-corrected chi connectivity index (χ3v) is 5.58. The molecule has 1 aromatic carbocycles. The third-order valence-electron chi connectivity index (χ3n) is 3.78. The Kier molecular flexibility index (Phi) is 3.46. The Morgan fingerprint density at radius 1 is 1.40 bits per heavy atom. The minimum atomic E-state index is -3.64. The number of nitrogens with zero attached hydrogens (tertiary/aromatic N) is 1. The van der Waals surface area contributed by atoms with Crippen molar-refractivity contribution in [3.63, 3.8) is 0 Å². The summed E-state index contributed by atoms with van der Waals surface area (Å²) >= 11 is 5.88. The van der Waals surface area contributed by atoms with Crippen molar-refractivity contribution in [2.75, 3.05) is 0 Å². The highest BCUT2D eigenvalue weighted by molar-refractivity contribution is 7.89. The van der Waals surface area contributed by atoms with E-state index in [2.05, 4.69) is 4.72 Å². The van der Waals surface area contributed by atoms with Crippen LogP contribution in [0.15, 0.2) is 23.1 Å². The number of fused-ring (bicyclic) bond motifs is 2. The number of hydrogen-bond acceptors (Lipinski definition) is 4. The number of benzene rings is 1. The van der Waals surface area contributed by atoms with Gasteiger partial charge in [0.2, 0.25) is 10.0 Å². The SMILES string of the molecule is N#Cc1ccc(S(=O)(=O)NC2CC3CCC2O3)cc1Cl. The molecule has 0 radical (unpaired) electrons. The maximum absolute atomic E-state index is 12.3. The average Bonchev–Trinajstić information content (AvgIpc) is 3.00. The lowest BCUT2D eigenvalue weighted by molar-refractivity contribution is 0.0996. The first-order chi connectivity index (χ1) is 9.49. The molecule has 1 aromatic rings. The van der Waals surface area contributed by atoms with Crippen LogP contribution in [0.5, 0.6) is 0 Å². The highest BCUT2D eigenvalue weighted by Gasteiger charge is 2.42. The van der Waals surface area contributed by atoms with E-state index in [1.165, 1.54) is 18.2 Å². The zero-order valence-corrected chi connectivity index (χ0v) is 12.1. The maximum Gasteiger partial charge on any atom is 0.240 e. The molecule has 106 valence electrons. The molecule has 7 heteroatoms. The van der Waals surface area contributed by atoms with Gasteiger partial charge in [-0.1, -0.05) is 11.6 Å². The van der Waals surface area contributed by atoms with Crippen LogP contribution in [0.1, 0.15) is 24.8 Å². The van der Waals surface area contributed by atoms with Crippen molar-refractivity contribution in [2.24, 2.45) is 0 Å². The van der Waals surface area contributed by atoms with Crippen LogP contribution in [0.2, 0.25) is 5.02 Å². The van der Waals surface area contributed by atoms with Gasteiger partial charge in [0.15, 0.2) is 0 Å². The summed E-state index contributed by atoms with van der Waals surface area (Å²) in [7, 11) is -3.64. The lowest BCUT2D eigenvalue weighted by Crippen LogP contribution is -2.41.